The fourth-order valence-electron chi connectivity index (χ4n) is 2.29. The van der Waals surface area contributed by atoms with Crippen molar-refractivity contribution in [3.8, 4) is 5.75 Å². The first-order valence-corrected chi connectivity index (χ1v) is 8.10. The summed E-state index contributed by atoms with van der Waals surface area (Å²) in [4.78, 5) is 14.1. The predicted molar refractivity (Wildman–Crippen MR) is 98.2 cm³/mol. The zero-order chi connectivity index (χ0) is 17.5. The molecule has 1 amide bonds. The summed E-state index contributed by atoms with van der Waals surface area (Å²) >= 11 is 5.96. The molecule has 0 saturated carbocycles. The number of benzene rings is 2. The Bertz CT molecular complexity index is 743. The summed E-state index contributed by atoms with van der Waals surface area (Å²) in [5.41, 5.74) is 4.20. The van der Waals surface area contributed by atoms with E-state index >= 15 is 0 Å². The van der Waals surface area contributed by atoms with Crippen LogP contribution in [0.5, 0.6) is 5.75 Å². The predicted octanol–water partition coefficient (Wildman–Crippen LogP) is 3.66. The highest BCUT2D eigenvalue weighted by atomic mass is 35.5. The van der Waals surface area contributed by atoms with Crippen LogP contribution in [0, 0.1) is 0 Å². The molecular formula is C18H20ClN3O2. The maximum absolute atomic E-state index is 12.0. The molecule has 2 rings (SSSR count). The first kappa shape index (κ1) is 17.8. The molecular weight excluding hydrogens is 326 g/mol. The molecule has 0 radical (unpaired) electrons. The fraction of sp³-hybridized carbons (Fsp3) is 0.222. The van der Waals surface area contributed by atoms with E-state index in [1.54, 1.807) is 36.4 Å². The molecule has 2 aromatic carbocycles. The van der Waals surface area contributed by atoms with Crippen molar-refractivity contribution in [2.75, 3.05) is 18.0 Å². The highest BCUT2D eigenvalue weighted by molar-refractivity contribution is 6.33. The Morgan fingerprint density at radius 2 is 1.96 bits per heavy atom. The van der Waals surface area contributed by atoms with Gasteiger partial charge in [0.05, 0.1) is 16.8 Å². The van der Waals surface area contributed by atoms with Crippen LogP contribution >= 0.6 is 11.6 Å². The minimum absolute atomic E-state index is 0.107. The Labute approximate surface area is 146 Å². The van der Waals surface area contributed by atoms with Crippen LogP contribution < -0.4 is 10.3 Å². The molecule has 0 aliphatic heterocycles. The maximum Gasteiger partial charge on any atom is 0.272 e. The highest BCUT2D eigenvalue weighted by Crippen LogP contribution is 2.23. The van der Waals surface area contributed by atoms with E-state index in [4.69, 9.17) is 11.6 Å². The molecule has 2 N–H and O–H groups in total. The van der Waals surface area contributed by atoms with E-state index in [2.05, 4.69) is 29.3 Å². The van der Waals surface area contributed by atoms with E-state index in [1.165, 1.54) is 6.21 Å². The van der Waals surface area contributed by atoms with Crippen LogP contribution in [0.1, 0.15) is 29.8 Å². The Balaban J connectivity index is 2.07. The van der Waals surface area contributed by atoms with Gasteiger partial charge in [0.15, 0.2) is 0 Å². The first-order valence-electron chi connectivity index (χ1n) is 7.72. The lowest BCUT2D eigenvalue weighted by atomic mass is 10.2. The van der Waals surface area contributed by atoms with Crippen LogP contribution in [-0.4, -0.2) is 30.3 Å². The summed E-state index contributed by atoms with van der Waals surface area (Å²) in [6, 6.07) is 12.1. The van der Waals surface area contributed by atoms with Gasteiger partial charge < -0.3 is 10.0 Å². The molecule has 5 nitrogen and oxygen atoms in total. The van der Waals surface area contributed by atoms with Crippen LogP contribution in [0.15, 0.2) is 47.6 Å². The second-order valence-corrected chi connectivity index (χ2v) is 5.50. The third-order valence-corrected chi connectivity index (χ3v) is 3.96. The number of hydrogen-bond donors (Lipinski definition) is 2. The Morgan fingerprint density at radius 3 is 2.58 bits per heavy atom. The molecule has 0 atom stereocenters. The minimum Gasteiger partial charge on any atom is -0.507 e. The molecule has 0 saturated heterocycles. The number of carbonyl (C=O) groups excluding carboxylic acids is 1. The number of anilines is 1. The third-order valence-electron chi connectivity index (χ3n) is 3.63. The van der Waals surface area contributed by atoms with E-state index in [1.807, 2.05) is 6.07 Å². The van der Waals surface area contributed by atoms with Crippen LogP contribution in [0.2, 0.25) is 5.02 Å². The number of rotatable bonds is 6. The van der Waals surface area contributed by atoms with Crippen molar-refractivity contribution >= 4 is 29.4 Å². The molecule has 0 aliphatic carbocycles. The average molecular weight is 346 g/mol. The zero-order valence-corrected chi connectivity index (χ0v) is 14.4. The van der Waals surface area contributed by atoms with Crippen LogP contribution in [-0.2, 0) is 0 Å². The largest absolute Gasteiger partial charge is 0.507 e. The zero-order valence-electron chi connectivity index (χ0n) is 13.7. The smallest absolute Gasteiger partial charge is 0.272 e. The van der Waals surface area contributed by atoms with E-state index in [0.29, 0.717) is 16.1 Å². The van der Waals surface area contributed by atoms with E-state index < -0.39 is 5.91 Å². The SMILES string of the molecule is CCN(CC)c1ccc(C=NNC(=O)c2ccccc2Cl)c(O)c1. The van der Waals surface area contributed by atoms with E-state index in [-0.39, 0.29) is 5.75 Å². The lowest BCUT2D eigenvalue weighted by Crippen LogP contribution is -2.21. The molecule has 0 fully saturated rings. The number of aromatic hydroxyl groups is 1. The fourth-order valence-corrected chi connectivity index (χ4v) is 2.51. The average Bonchev–Trinajstić information content (AvgIpc) is 2.58. The van der Waals surface area contributed by atoms with Crippen molar-refractivity contribution in [3.05, 3.63) is 58.6 Å². The third kappa shape index (κ3) is 4.26. The van der Waals surface area contributed by atoms with Gasteiger partial charge in [-0.2, -0.15) is 5.10 Å². The number of carbonyl (C=O) groups is 1. The molecule has 0 aliphatic rings. The van der Waals surface area contributed by atoms with Crippen molar-refractivity contribution in [2.45, 2.75) is 13.8 Å². The molecule has 0 bridgehead atoms. The second-order valence-electron chi connectivity index (χ2n) is 5.09. The Morgan fingerprint density at radius 1 is 1.25 bits per heavy atom. The topological polar surface area (TPSA) is 64.9 Å². The first-order chi connectivity index (χ1) is 11.6. The lowest BCUT2D eigenvalue weighted by molar-refractivity contribution is 0.0955. The maximum atomic E-state index is 12.0. The number of phenols is 1. The van der Waals surface area contributed by atoms with Crippen molar-refractivity contribution in [3.63, 3.8) is 0 Å². The van der Waals surface area contributed by atoms with Crippen LogP contribution in [0.25, 0.3) is 0 Å². The normalized spacial score (nSPS) is 10.8. The van der Waals surface area contributed by atoms with Crippen LogP contribution in [0.4, 0.5) is 5.69 Å². The molecule has 0 heterocycles. The van der Waals surface area contributed by atoms with Gasteiger partial charge in [-0.3, -0.25) is 4.79 Å². The van der Waals surface area contributed by atoms with Gasteiger partial charge in [-0.25, -0.2) is 5.43 Å². The van der Waals surface area contributed by atoms with E-state index in [9.17, 15) is 9.90 Å². The van der Waals surface area contributed by atoms with Gasteiger partial charge in [-0.15, -0.1) is 0 Å². The number of nitrogens with one attached hydrogen (secondary N) is 1. The number of amides is 1. The summed E-state index contributed by atoms with van der Waals surface area (Å²) in [5, 5.41) is 14.3. The summed E-state index contributed by atoms with van der Waals surface area (Å²) in [6.45, 7) is 5.83. The summed E-state index contributed by atoms with van der Waals surface area (Å²) in [6.07, 6.45) is 1.40. The number of hydrogen-bond acceptors (Lipinski definition) is 4. The van der Waals surface area contributed by atoms with Gasteiger partial charge in [0, 0.05) is 30.4 Å². The molecule has 24 heavy (non-hydrogen) atoms. The summed E-state index contributed by atoms with van der Waals surface area (Å²) in [7, 11) is 0. The van der Waals surface area contributed by atoms with Gasteiger partial charge in [0.25, 0.3) is 5.91 Å². The quantitative estimate of drug-likeness (QED) is 0.620. The highest BCUT2D eigenvalue weighted by Gasteiger charge is 2.08. The van der Waals surface area contributed by atoms with Gasteiger partial charge in [-0.1, -0.05) is 23.7 Å². The standard InChI is InChI=1S/C18H20ClN3O2/c1-3-22(4-2)14-10-9-13(17(23)11-14)12-20-21-18(24)15-7-5-6-8-16(15)19/h5-12,23H,3-4H2,1-2H3,(H,21,24). The molecule has 6 heteroatoms. The van der Waals surface area contributed by atoms with Gasteiger partial charge >= 0.3 is 0 Å². The van der Waals surface area contributed by atoms with Crippen molar-refractivity contribution in [2.24, 2.45) is 5.10 Å². The Hall–Kier alpha value is -2.53. The monoisotopic (exact) mass is 345 g/mol. The summed E-state index contributed by atoms with van der Waals surface area (Å²) < 4.78 is 0. The molecule has 0 spiro atoms. The second kappa shape index (κ2) is 8.36. The van der Waals surface area contributed by atoms with Gasteiger partial charge in [-0.05, 0) is 38.1 Å². The lowest BCUT2D eigenvalue weighted by Gasteiger charge is -2.21. The van der Waals surface area contributed by atoms with Crippen molar-refractivity contribution in [1.82, 2.24) is 5.43 Å². The molecule has 2 aromatic rings. The van der Waals surface area contributed by atoms with Crippen molar-refractivity contribution in [1.29, 1.82) is 0 Å². The van der Waals surface area contributed by atoms with E-state index in [0.717, 1.165) is 18.8 Å². The van der Waals surface area contributed by atoms with Crippen LogP contribution in [0.3, 0.4) is 0 Å². The van der Waals surface area contributed by atoms with Crippen molar-refractivity contribution < 1.29 is 9.90 Å². The molecule has 0 unspecified atom stereocenters. The summed E-state index contributed by atoms with van der Waals surface area (Å²) in [5.74, 6) is -0.300. The molecule has 0 aromatic heterocycles. The van der Waals surface area contributed by atoms with Gasteiger partial charge in [0.1, 0.15) is 5.75 Å². The number of nitrogens with zero attached hydrogens (tertiary/aromatic N) is 2. The number of hydrazone groups is 1. The minimum atomic E-state index is -0.406. The number of phenolic OH excluding ortho intramolecular Hbond substituents is 1. The number of halogens is 1. The molecule has 126 valence electrons. The Kier molecular flexibility index (Phi) is 6.21. The van der Waals surface area contributed by atoms with Gasteiger partial charge in [0.2, 0.25) is 0 Å².